The van der Waals surface area contributed by atoms with Crippen LogP contribution in [0.1, 0.15) is 13.3 Å². The molecule has 0 radical (unpaired) electrons. The predicted molar refractivity (Wildman–Crippen MR) is 52.0 cm³/mol. The summed E-state index contributed by atoms with van der Waals surface area (Å²) in [4.78, 5) is 0. The fourth-order valence-electron chi connectivity index (χ4n) is 0.782. The van der Waals surface area contributed by atoms with E-state index in [-0.39, 0.29) is 6.10 Å². The summed E-state index contributed by atoms with van der Waals surface area (Å²) < 4.78 is 23.6. The minimum atomic E-state index is -3.05. The van der Waals surface area contributed by atoms with Crippen molar-refractivity contribution in [1.29, 1.82) is 0 Å². The number of hydrogen-bond acceptors (Lipinski definition) is 4. The number of nitrogens with one attached hydrogen (secondary N) is 2. The van der Waals surface area contributed by atoms with E-state index in [0.29, 0.717) is 19.6 Å². The molecule has 0 fully saturated rings. The average molecular weight is 210 g/mol. The zero-order chi connectivity index (χ0) is 10.3. The van der Waals surface area contributed by atoms with Crippen molar-refractivity contribution in [3.63, 3.8) is 0 Å². The van der Waals surface area contributed by atoms with Crippen molar-refractivity contribution in [2.75, 3.05) is 25.9 Å². The number of aliphatic hydroxyl groups excluding tert-OH is 1. The highest BCUT2D eigenvalue weighted by atomic mass is 32.2. The topological polar surface area (TPSA) is 78.4 Å². The molecule has 0 unspecified atom stereocenters. The van der Waals surface area contributed by atoms with E-state index in [1.54, 1.807) is 6.92 Å². The highest BCUT2D eigenvalue weighted by Crippen LogP contribution is 1.79. The molecule has 0 spiro atoms. The number of hydrogen-bond donors (Lipinski definition) is 3. The Kier molecular flexibility index (Phi) is 6.23. The van der Waals surface area contributed by atoms with E-state index in [9.17, 15) is 8.42 Å². The maximum atomic E-state index is 10.6. The Hall–Kier alpha value is -0.170. The van der Waals surface area contributed by atoms with Crippen molar-refractivity contribution in [3.05, 3.63) is 0 Å². The summed E-state index contributed by atoms with van der Waals surface area (Å²) in [7, 11) is -3.05. The second-order valence-electron chi connectivity index (χ2n) is 3.07. The molecule has 80 valence electrons. The Morgan fingerprint density at radius 3 is 2.46 bits per heavy atom. The van der Waals surface area contributed by atoms with Crippen LogP contribution in [-0.2, 0) is 10.0 Å². The van der Waals surface area contributed by atoms with Crippen molar-refractivity contribution in [1.82, 2.24) is 10.0 Å². The van der Waals surface area contributed by atoms with Crippen molar-refractivity contribution in [2.24, 2.45) is 0 Å². The highest BCUT2D eigenvalue weighted by molar-refractivity contribution is 7.88. The van der Waals surface area contributed by atoms with Crippen LogP contribution < -0.4 is 10.0 Å². The third kappa shape index (κ3) is 11.8. The van der Waals surface area contributed by atoms with Gasteiger partial charge in [0.15, 0.2) is 0 Å². The van der Waals surface area contributed by atoms with Gasteiger partial charge >= 0.3 is 0 Å². The second-order valence-corrected chi connectivity index (χ2v) is 4.91. The van der Waals surface area contributed by atoms with Crippen molar-refractivity contribution >= 4 is 10.0 Å². The quantitative estimate of drug-likeness (QED) is 0.466. The summed E-state index contributed by atoms with van der Waals surface area (Å²) >= 11 is 0. The molecule has 5 nitrogen and oxygen atoms in total. The Morgan fingerprint density at radius 2 is 2.00 bits per heavy atom. The molecule has 0 aromatic carbocycles. The summed E-state index contributed by atoms with van der Waals surface area (Å²) in [6.07, 6.45) is 1.50. The van der Waals surface area contributed by atoms with Crippen LogP contribution in [0.2, 0.25) is 0 Å². The lowest BCUT2D eigenvalue weighted by molar-refractivity contribution is 0.191. The Bertz CT molecular complexity index is 214. The molecule has 0 amide bonds. The smallest absolute Gasteiger partial charge is 0.208 e. The number of aliphatic hydroxyl groups is 1. The first-order valence-electron chi connectivity index (χ1n) is 4.25. The first-order valence-corrected chi connectivity index (χ1v) is 6.14. The largest absolute Gasteiger partial charge is 0.392 e. The third-order valence-electron chi connectivity index (χ3n) is 1.33. The summed E-state index contributed by atoms with van der Waals surface area (Å²) in [6.45, 7) is 3.37. The van der Waals surface area contributed by atoms with Gasteiger partial charge in [-0.1, -0.05) is 0 Å². The lowest BCUT2D eigenvalue weighted by Crippen LogP contribution is -2.29. The molecular formula is C7H18N2O3S. The molecule has 13 heavy (non-hydrogen) atoms. The molecule has 0 bridgehead atoms. The minimum Gasteiger partial charge on any atom is -0.392 e. The standard InChI is InChI=1S/C7H18N2O3S/c1-7(10)6-8-4-3-5-9-13(2,11)12/h7-10H,3-6H2,1-2H3/t7-/m0/s1. The molecule has 0 aromatic heterocycles. The zero-order valence-corrected chi connectivity index (χ0v) is 8.89. The van der Waals surface area contributed by atoms with E-state index in [2.05, 4.69) is 10.0 Å². The van der Waals surface area contributed by atoms with Gasteiger partial charge in [-0.15, -0.1) is 0 Å². The summed E-state index contributed by atoms with van der Waals surface area (Å²) in [6, 6.07) is 0. The molecule has 0 saturated carbocycles. The maximum absolute atomic E-state index is 10.6. The second kappa shape index (κ2) is 6.31. The SMILES string of the molecule is C[C@H](O)CNCCCNS(C)(=O)=O. The lowest BCUT2D eigenvalue weighted by atomic mass is 10.4. The molecule has 0 saturated heterocycles. The maximum Gasteiger partial charge on any atom is 0.208 e. The van der Waals surface area contributed by atoms with E-state index in [1.165, 1.54) is 0 Å². The third-order valence-corrected chi connectivity index (χ3v) is 2.06. The van der Waals surface area contributed by atoms with Crippen molar-refractivity contribution in [2.45, 2.75) is 19.4 Å². The van der Waals surface area contributed by atoms with Crippen LogP contribution in [0.4, 0.5) is 0 Å². The Labute approximate surface area is 79.6 Å². The molecule has 1 atom stereocenters. The summed E-state index contributed by atoms with van der Waals surface area (Å²) in [5.41, 5.74) is 0. The Balaban J connectivity index is 3.18. The van der Waals surface area contributed by atoms with Gasteiger partial charge in [-0.3, -0.25) is 0 Å². The fraction of sp³-hybridized carbons (Fsp3) is 1.00. The number of rotatable bonds is 7. The highest BCUT2D eigenvalue weighted by Gasteiger charge is 1.98. The molecule has 3 N–H and O–H groups in total. The number of sulfonamides is 1. The van der Waals surface area contributed by atoms with E-state index >= 15 is 0 Å². The van der Waals surface area contributed by atoms with Gasteiger partial charge in [-0.05, 0) is 19.9 Å². The minimum absolute atomic E-state index is 0.358. The molecule has 0 aliphatic heterocycles. The summed E-state index contributed by atoms with van der Waals surface area (Å²) in [5, 5.41) is 11.9. The summed E-state index contributed by atoms with van der Waals surface area (Å²) in [5.74, 6) is 0. The van der Waals surface area contributed by atoms with Crippen LogP contribution in [0, 0.1) is 0 Å². The van der Waals surface area contributed by atoms with Crippen LogP contribution in [0.5, 0.6) is 0 Å². The molecular weight excluding hydrogens is 192 g/mol. The van der Waals surface area contributed by atoms with Crippen LogP contribution in [0.3, 0.4) is 0 Å². The van der Waals surface area contributed by atoms with E-state index in [0.717, 1.165) is 12.7 Å². The van der Waals surface area contributed by atoms with E-state index < -0.39 is 10.0 Å². The van der Waals surface area contributed by atoms with Gasteiger partial charge in [0, 0.05) is 13.1 Å². The van der Waals surface area contributed by atoms with Crippen molar-refractivity contribution in [3.8, 4) is 0 Å². The molecule has 0 rings (SSSR count). The first-order chi connectivity index (χ1) is 5.92. The van der Waals surface area contributed by atoms with Gasteiger partial charge in [0.05, 0.1) is 12.4 Å². The molecule has 6 heteroatoms. The molecule has 0 aliphatic rings. The van der Waals surface area contributed by atoms with E-state index in [4.69, 9.17) is 5.11 Å². The predicted octanol–water partition coefficient (Wildman–Crippen LogP) is -1.10. The van der Waals surface area contributed by atoms with Crippen LogP contribution in [0.15, 0.2) is 0 Å². The Morgan fingerprint density at radius 1 is 1.38 bits per heavy atom. The van der Waals surface area contributed by atoms with Crippen LogP contribution >= 0.6 is 0 Å². The van der Waals surface area contributed by atoms with Gasteiger partial charge in [-0.25, -0.2) is 13.1 Å². The average Bonchev–Trinajstić information content (AvgIpc) is 1.93. The lowest BCUT2D eigenvalue weighted by Gasteiger charge is -2.06. The van der Waals surface area contributed by atoms with Gasteiger partial charge < -0.3 is 10.4 Å². The van der Waals surface area contributed by atoms with Crippen LogP contribution in [-0.4, -0.2) is 45.5 Å². The van der Waals surface area contributed by atoms with E-state index in [1.807, 2.05) is 0 Å². The normalized spacial score (nSPS) is 14.4. The molecule has 0 heterocycles. The molecule has 0 aliphatic carbocycles. The monoisotopic (exact) mass is 210 g/mol. The molecule has 0 aromatic rings. The first kappa shape index (κ1) is 12.8. The van der Waals surface area contributed by atoms with Crippen LogP contribution in [0.25, 0.3) is 0 Å². The van der Waals surface area contributed by atoms with Gasteiger partial charge in [-0.2, -0.15) is 0 Å². The van der Waals surface area contributed by atoms with Gasteiger partial charge in [0.25, 0.3) is 0 Å². The van der Waals surface area contributed by atoms with Gasteiger partial charge in [0.2, 0.25) is 10.0 Å². The fourth-order valence-corrected chi connectivity index (χ4v) is 1.30. The van der Waals surface area contributed by atoms with Crippen molar-refractivity contribution < 1.29 is 13.5 Å². The van der Waals surface area contributed by atoms with Gasteiger partial charge in [0.1, 0.15) is 0 Å². The zero-order valence-electron chi connectivity index (χ0n) is 8.08.